The van der Waals surface area contributed by atoms with E-state index in [1.807, 2.05) is 36.4 Å². The molecule has 0 aliphatic heterocycles. The van der Waals surface area contributed by atoms with Crippen LogP contribution < -0.4 is 0 Å². The molecular formula is C13H16N2O2. The highest BCUT2D eigenvalue weighted by atomic mass is 16.6. The maximum atomic E-state index is 11.3. The SMILES string of the molecule is CN(C)C(=O)O[C@H](C#N)CCc1ccccc1. The van der Waals surface area contributed by atoms with Gasteiger partial charge >= 0.3 is 6.09 Å². The lowest BCUT2D eigenvalue weighted by molar-refractivity contribution is 0.0934. The number of amides is 1. The minimum absolute atomic E-state index is 0.482. The van der Waals surface area contributed by atoms with Crippen LogP contribution in [-0.2, 0) is 11.2 Å². The van der Waals surface area contributed by atoms with Crippen molar-refractivity contribution >= 4 is 6.09 Å². The molecule has 1 atom stereocenters. The number of nitriles is 1. The van der Waals surface area contributed by atoms with E-state index in [0.717, 1.165) is 12.0 Å². The molecule has 1 rings (SSSR count). The van der Waals surface area contributed by atoms with Crippen LogP contribution in [0.15, 0.2) is 30.3 Å². The van der Waals surface area contributed by atoms with Crippen molar-refractivity contribution in [3.8, 4) is 6.07 Å². The summed E-state index contributed by atoms with van der Waals surface area (Å²) >= 11 is 0. The summed E-state index contributed by atoms with van der Waals surface area (Å²) in [4.78, 5) is 12.6. The number of rotatable bonds is 4. The first-order valence-electron chi connectivity index (χ1n) is 5.45. The molecule has 0 fully saturated rings. The van der Waals surface area contributed by atoms with Crippen molar-refractivity contribution in [3.05, 3.63) is 35.9 Å². The molecule has 0 spiro atoms. The zero-order valence-electron chi connectivity index (χ0n) is 10.1. The van der Waals surface area contributed by atoms with Crippen molar-refractivity contribution in [1.82, 2.24) is 4.90 Å². The van der Waals surface area contributed by atoms with Crippen LogP contribution in [0.2, 0.25) is 0 Å². The zero-order chi connectivity index (χ0) is 12.7. The smallest absolute Gasteiger partial charge is 0.410 e. The Hall–Kier alpha value is -2.02. The summed E-state index contributed by atoms with van der Waals surface area (Å²) in [5.74, 6) is 0. The molecule has 0 radical (unpaired) electrons. The van der Waals surface area contributed by atoms with Gasteiger partial charge in [-0.2, -0.15) is 5.26 Å². The Balaban J connectivity index is 2.44. The topological polar surface area (TPSA) is 53.3 Å². The predicted octanol–water partition coefficient (Wildman–Crippen LogP) is 2.21. The lowest BCUT2D eigenvalue weighted by atomic mass is 10.1. The number of carbonyl (C=O) groups is 1. The Labute approximate surface area is 101 Å². The maximum Gasteiger partial charge on any atom is 0.410 e. The van der Waals surface area contributed by atoms with E-state index < -0.39 is 12.2 Å². The third kappa shape index (κ3) is 4.56. The minimum Gasteiger partial charge on any atom is -0.431 e. The number of aryl methyl sites for hydroxylation is 1. The van der Waals surface area contributed by atoms with Gasteiger partial charge in [-0.05, 0) is 12.0 Å². The summed E-state index contributed by atoms with van der Waals surface area (Å²) in [5, 5.41) is 8.89. The molecule has 0 saturated carbocycles. The summed E-state index contributed by atoms with van der Waals surface area (Å²) in [6, 6.07) is 11.8. The van der Waals surface area contributed by atoms with Crippen LogP contribution in [0.25, 0.3) is 0 Å². The van der Waals surface area contributed by atoms with Gasteiger partial charge in [0.1, 0.15) is 6.07 Å². The Morgan fingerprint density at radius 2 is 2.06 bits per heavy atom. The molecule has 4 nitrogen and oxygen atoms in total. The van der Waals surface area contributed by atoms with Crippen LogP contribution in [0.3, 0.4) is 0 Å². The molecule has 1 aromatic carbocycles. The van der Waals surface area contributed by atoms with Crippen molar-refractivity contribution in [2.45, 2.75) is 18.9 Å². The molecule has 0 aliphatic carbocycles. The van der Waals surface area contributed by atoms with Crippen LogP contribution in [0.4, 0.5) is 4.79 Å². The van der Waals surface area contributed by atoms with Crippen LogP contribution in [0, 0.1) is 11.3 Å². The number of hydrogen-bond donors (Lipinski definition) is 0. The average molecular weight is 232 g/mol. The highest BCUT2D eigenvalue weighted by Crippen LogP contribution is 2.07. The molecule has 0 aromatic heterocycles. The first-order valence-corrected chi connectivity index (χ1v) is 5.45. The standard InChI is InChI=1S/C13H16N2O2/c1-15(2)13(16)17-12(10-14)9-8-11-6-4-3-5-7-11/h3-7,12H,8-9H2,1-2H3/t12-/m0/s1. The summed E-state index contributed by atoms with van der Waals surface area (Å²) in [7, 11) is 3.18. The molecule has 0 N–H and O–H groups in total. The van der Waals surface area contributed by atoms with Crippen molar-refractivity contribution in [1.29, 1.82) is 5.26 Å². The summed E-state index contributed by atoms with van der Waals surface area (Å²) in [5.41, 5.74) is 1.13. The highest BCUT2D eigenvalue weighted by Gasteiger charge is 2.14. The number of hydrogen-bond acceptors (Lipinski definition) is 3. The highest BCUT2D eigenvalue weighted by molar-refractivity contribution is 5.67. The predicted molar refractivity (Wildman–Crippen MR) is 64.3 cm³/mol. The Morgan fingerprint density at radius 1 is 1.41 bits per heavy atom. The van der Waals surface area contributed by atoms with Gasteiger partial charge in [0.25, 0.3) is 0 Å². The molecule has 0 heterocycles. The first-order chi connectivity index (χ1) is 8.13. The van der Waals surface area contributed by atoms with Gasteiger partial charge in [-0.25, -0.2) is 4.79 Å². The molecule has 0 unspecified atom stereocenters. The average Bonchev–Trinajstić information content (AvgIpc) is 2.35. The monoisotopic (exact) mass is 232 g/mol. The maximum absolute atomic E-state index is 11.3. The van der Waals surface area contributed by atoms with Gasteiger partial charge in [0.15, 0.2) is 6.10 Å². The van der Waals surface area contributed by atoms with E-state index in [1.165, 1.54) is 4.90 Å². The zero-order valence-corrected chi connectivity index (χ0v) is 10.1. The van der Waals surface area contributed by atoms with E-state index in [2.05, 4.69) is 0 Å². The lowest BCUT2D eigenvalue weighted by Gasteiger charge is -2.14. The van der Waals surface area contributed by atoms with Crippen molar-refractivity contribution in [3.63, 3.8) is 0 Å². The minimum atomic E-state index is -0.690. The van der Waals surface area contributed by atoms with Crippen LogP contribution in [-0.4, -0.2) is 31.2 Å². The summed E-state index contributed by atoms with van der Waals surface area (Å²) < 4.78 is 5.01. The van der Waals surface area contributed by atoms with Gasteiger partial charge in [0, 0.05) is 20.5 Å². The molecule has 0 aliphatic rings. The quantitative estimate of drug-likeness (QED) is 0.799. The number of nitrogens with zero attached hydrogens (tertiary/aromatic N) is 2. The Bertz CT molecular complexity index is 396. The van der Waals surface area contributed by atoms with Gasteiger partial charge in [0.05, 0.1) is 0 Å². The van der Waals surface area contributed by atoms with Gasteiger partial charge < -0.3 is 9.64 Å². The second-order valence-electron chi connectivity index (χ2n) is 3.92. The van der Waals surface area contributed by atoms with Crippen molar-refractivity contribution in [2.75, 3.05) is 14.1 Å². The molecule has 0 saturated heterocycles. The fraction of sp³-hybridized carbons (Fsp3) is 0.385. The van der Waals surface area contributed by atoms with E-state index in [9.17, 15) is 4.79 Å². The molecule has 17 heavy (non-hydrogen) atoms. The largest absolute Gasteiger partial charge is 0.431 e. The van der Waals surface area contributed by atoms with Crippen molar-refractivity contribution < 1.29 is 9.53 Å². The lowest BCUT2D eigenvalue weighted by Crippen LogP contribution is -2.27. The first kappa shape index (κ1) is 13.0. The van der Waals surface area contributed by atoms with Gasteiger partial charge in [-0.3, -0.25) is 0 Å². The van der Waals surface area contributed by atoms with E-state index in [4.69, 9.17) is 10.00 Å². The molecule has 1 amide bonds. The van der Waals surface area contributed by atoms with Crippen LogP contribution in [0.1, 0.15) is 12.0 Å². The second kappa shape index (κ2) is 6.54. The van der Waals surface area contributed by atoms with E-state index in [0.29, 0.717) is 6.42 Å². The van der Waals surface area contributed by atoms with Crippen LogP contribution in [0.5, 0.6) is 0 Å². The number of benzene rings is 1. The third-order valence-corrected chi connectivity index (χ3v) is 2.29. The number of carbonyl (C=O) groups excluding carboxylic acids is 1. The molecule has 90 valence electrons. The van der Waals surface area contributed by atoms with E-state index >= 15 is 0 Å². The molecular weight excluding hydrogens is 216 g/mol. The fourth-order valence-corrected chi connectivity index (χ4v) is 1.32. The number of ether oxygens (including phenoxy) is 1. The molecule has 4 heteroatoms. The Kier molecular flexibility index (Phi) is 5.02. The van der Waals surface area contributed by atoms with Crippen LogP contribution >= 0.6 is 0 Å². The van der Waals surface area contributed by atoms with Crippen molar-refractivity contribution in [2.24, 2.45) is 0 Å². The van der Waals surface area contributed by atoms with Gasteiger partial charge in [0.2, 0.25) is 0 Å². The second-order valence-corrected chi connectivity index (χ2v) is 3.92. The normalized spacial score (nSPS) is 11.4. The summed E-state index contributed by atoms with van der Waals surface area (Å²) in [6.07, 6.45) is 0.0644. The van der Waals surface area contributed by atoms with Gasteiger partial charge in [-0.15, -0.1) is 0 Å². The Morgan fingerprint density at radius 3 is 2.59 bits per heavy atom. The van der Waals surface area contributed by atoms with Gasteiger partial charge in [-0.1, -0.05) is 30.3 Å². The third-order valence-electron chi connectivity index (χ3n) is 2.29. The van der Waals surface area contributed by atoms with E-state index in [1.54, 1.807) is 14.1 Å². The fourth-order valence-electron chi connectivity index (χ4n) is 1.32. The molecule has 1 aromatic rings. The summed E-state index contributed by atoms with van der Waals surface area (Å²) in [6.45, 7) is 0. The van der Waals surface area contributed by atoms with E-state index in [-0.39, 0.29) is 0 Å². The molecule has 0 bridgehead atoms.